The van der Waals surface area contributed by atoms with Crippen LogP contribution >= 0.6 is 15.9 Å². The average molecular weight is 396 g/mol. The van der Waals surface area contributed by atoms with Gasteiger partial charge in [0.15, 0.2) is 0 Å². The Labute approximate surface area is 146 Å². The van der Waals surface area contributed by atoms with Crippen LogP contribution in [0.5, 0.6) is 0 Å². The first-order valence-electron chi connectivity index (χ1n) is 6.99. The van der Waals surface area contributed by atoms with Gasteiger partial charge in [-0.2, -0.15) is 0 Å². The molecule has 24 heavy (non-hydrogen) atoms. The number of amides is 1. The maximum Gasteiger partial charge on any atom is 0.295 e. The van der Waals surface area contributed by atoms with Crippen LogP contribution in [0.3, 0.4) is 0 Å². The third kappa shape index (κ3) is 4.29. The highest BCUT2D eigenvalue weighted by molar-refractivity contribution is 9.10. The van der Waals surface area contributed by atoms with Gasteiger partial charge in [-0.25, -0.2) is 4.39 Å². The number of likely N-dealkylation sites (N-methyl/N-ethyl adjacent to an activating group) is 1. The molecular weight excluding hydrogens is 381 g/mol. The monoisotopic (exact) mass is 395 g/mol. The first-order valence-corrected chi connectivity index (χ1v) is 7.78. The quantitative estimate of drug-likeness (QED) is 0.615. The fourth-order valence-corrected chi connectivity index (χ4v) is 2.70. The van der Waals surface area contributed by atoms with Gasteiger partial charge in [-0.1, -0.05) is 15.9 Å². The average Bonchev–Trinajstić information content (AvgIpc) is 2.49. The first-order chi connectivity index (χ1) is 11.3. The molecule has 0 unspecified atom stereocenters. The summed E-state index contributed by atoms with van der Waals surface area (Å²) >= 11 is 3.35. The lowest BCUT2D eigenvalue weighted by Gasteiger charge is -2.19. The van der Waals surface area contributed by atoms with E-state index in [2.05, 4.69) is 21.2 Å². The van der Waals surface area contributed by atoms with E-state index in [1.165, 1.54) is 18.0 Å². The lowest BCUT2D eigenvalue weighted by Crippen LogP contribution is -2.30. The van der Waals surface area contributed by atoms with Crippen LogP contribution in [-0.4, -0.2) is 24.4 Å². The van der Waals surface area contributed by atoms with E-state index in [-0.39, 0.29) is 23.8 Å². The van der Waals surface area contributed by atoms with Crippen molar-refractivity contribution in [1.29, 1.82) is 0 Å². The molecule has 0 heterocycles. The molecule has 2 rings (SSSR count). The molecule has 0 fully saturated rings. The van der Waals surface area contributed by atoms with E-state index >= 15 is 0 Å². The maximum atomic E-state index is 13.2. The highest BCUT2D eigenvalue weighted by Gasteiger charge is 2.20. The normalized spacial score (nSPS) is 10.3. The van der Waals surface area contributed by atoms with E-state index in [4.69, 9.17) is 0 Å². The van der Waals surface area contributed by atoms with Crippen LogP contribution in [0.25, 0.3) is 0 Å². The van der Waals surface area contributed by atoms with Crippen LogP contribution in [0.1, 0.15) is 5.56 Å². The van der Waals surface area contributed by atoms with Crippen molar-refractivity contribution in [3.8, 4) is 0 Å². The zero-order valence-corrected chi connectivity index (χ0v) is 14.6. The second-order valence-corrected chi connectivity index (χ2v) is 6.17. The maximum absolute atomic E-state index is 13.2. The number of nitro groups is 1. The molecule has 2 aromatic rings. The minimum atomic E-state index is -0.700. The van der Waals surface area contributed by atoms with E-state index in [9.17, 15) is 19.3 Å². The number of benzene rings is 2. The highest BCUT2D eigenvalue weighted by Crippen LogP contribution is 2.28. The van der Waals surface area contributed by atoms with Gasteiger partial charge in [0.1, 0.15) is 11.5 Å². The number of nitrogens with one attached hydrogen (secondary N) is 1. The summed E-state index contributed by atoms with van der Waals surface area (Å²) in [4.78, 5) is 23.9. The number of carbonyl (C=O) groups excluding carboxylic acids is 1. The van der Waals surface area contributed by atoms with Gasteiger partial charge in [0.25, 0.3) is 5.69 Å². The molecule has 0 aliphatic heterocycles. The topological polar surface area (TPSA) is 75.5 Å². The molecule has 0 aromatic heterocycles. The molecule has 0 bridgehead atoms. The van der Waals surface area contributed by atoms with Crippen LogP contribution in [-0.2, 0) is 4.79 Å². The number of aryl methyl sites for hydroxylation is 1. The third-order valence-corrected chi connectivity index (χ3v) is 3.88. The summed E-state index contributed by atoms with van der Waals surface area (Å²) in [7, 11) is 1.54. The number of hydrogen-bond acceptors (Lipinski definition) is 4. The number of rotatable bonds is 5. The Morgan fingerprint density at radius 1 is 1.33 bits per heavy atom. The first kappa shape index (κ1) is 17.9. The van der Waals surface area contributed by atoms with Crippen LogP contribution in [0.4, 0.5) is 21.5 Å². The molecule has 0 saturated heterocycles. The molecule has 1 N–H and O–H groups in total. The van der Waals surface area contributed by atoms with Crippen molar-refractivity contribution in [3.05, 3.63) is 62.4 Å². The van der Waals surface area contributed by atoms with E-state index in [1.54, 1.807) is 12.1 Å². The second-order valence-electron chi connectivity index (χ2n) is 5.25. The summed E-state index contributed by atoms with van der Waals surface area (Å²) in [5.74, 6) is -1.03. The van der Waals surface area contributed by atoms with Crippen molar-refractivity contribution < 1.29 is 14.1 Å². The lowest BCUT2D eigenvalue weighted by molar-refractivity contribution is -0.384. The van der Waals surface area contributed by atoms with E-state index in [0.717, 1.165) is 22.2 Å². The number of hydrogen-bond donors (Lipinski definition) is 1. The summed E-state index contributed by atoms with van der Waals surface area (Å²) in [5.41, 5.74) is 1.33. The Bertz CT molecular complexity index is 798. The van der Waals surface area contributed by atoms with E-state index < -0.39 is 10.7 Å². The van der Waals surface area contributed by atoms with E-state index in [0.29, 0.717) is 5.69 Å². The molecule has 6 nitrogen and oxygen atoms in total. The molecule has 126 valence electrons. The standard InChI is InChI=1S/C16H15BrFN3O3/c1-10-7-11(17)3-5-13(10)19-16(22)9-20(2)14-6-4-12(18)8-15(14)21(23)24/h3-8H,9H2,1-2H3,(H,19,22). The largest absolute Gasteiger partial charge is 0.360 e. The molecule has 0 aliphatic carbocycles. The number of nitrogens with zero attached hydrogens (tertiary/aromatic N) is 2. The Hall–Kier alpha value is -2.48. The zero-order chi connectivity index (χ0) is 17.9. The molecular formula is C16H15BrFN3O3. The summed E-state index contributed by atoms with van der Waals surface area (Å²) in [6.07, 6.45) is 0. The predicted molar refractivity (Wildman–Crippen MR) is 93.8 cm³/mol. The summed E-state index contributed by atoms with van der Waals surface area (Å²) in [5, 5.41) is 13.8. The molecule has 1 amide bonds. The molecule has 8 heteroatoms. The Morgan fingerprint density at radius 3 is 2.67 bits per heavy atom. The smallest absolute Gasteiger partial charge is 0.295 e. The fourth-order valence-electron chi connectivity index (χ4n) is 2.22. The van der Waals surface area contributed by atoms with Gasteiger partial charge in [-0.3, -0.25) is 14.9 Å². The van der Waals surface area contributed by atoms with Crippen LogP contribution < -0.4 is 10.2 Å². The number of halogens is 2. The van der Waals surface area contributed by atoms with Crippen molar-refractivity contribution in [2.24, 2.45) is 0 Å². The van der Waals surface area contributed by atoms with Gasteiger partial charge in [0.2, 0.25) is 5.91 Å². The molecule has 2 aromatic carbocycles. The molecule has 0 saturated carbocycles. The van der Waals surface area contributed by atoms with Crippen molar-refractivity contribution >= 4 is 38.9 Å². The van der Waals surface area contributed by atoms with Gasteiger partial charge in [0.05, 0.1) is 17.5 Å². The number of nitro benzene ring substituents is 1. The minimum absolute atomic E-state index is 0.109. The van der Waals surface area contributed by atoms with E-state index in [1.807, 2.05) is 13.0 Å². The third-order valence-electron chi connectivity index (χ3n) is 3.39. The Kier molecular flexibility index (Phi) is 5.50. The van der Waals surface area contributed by atoms with Crippen LogP contribution in [0.15, 0.2) is 40.9 Å². The Balaban J connectivity index is 2.13. The molecule has 0 radical (unpaired) electrons. The highest BCUT2D eigenvalue weighted by atomic mass is 79.9. The van der Waals surface area contributed by atoms with Crippen molar-refractivity contribution in [3.63, 3.8) is 0 Å². The van der Waals surface area contributed by atoms with Gasteiger partial charge in [0, 0.05) is 17.2 Å². The zero-order valence-electron chi connectivity index (χ0n) is 13.0. The lowest BCUT2D eigenvalue weighted by atomic mass is 10.2. The van der Waals surface area contributed by atoms with Gasteiger partial charge in [-0.15, -0.1) is 0 Å². The number of carbonyl (C=O) groups is 1. The summed E-state index contributed by atoms with van der Waals surface area (Å²) in [6.45, 7) is 1.75. The van der Waals surface area contributed by atoms with Crippen LogP contribution in [0, 0.1) is 22.9 Å². The number of anilines is 2. The van der Waals surface area contributed by atoms with Crippen molar-refractivity contribution in [1.82, 2.24) is 0 Å². The van der Waals surface area contributed by atoms with Crippen molar-refractivity contribution in [2.45, 2.75) is 6.92 Å². The summed E-state index contributed by atoms with van der Waals surface area (Å²) in [6, 6.07) is 8.67. The second kappa shape index (κ2) is 7.39. The molecule has 0 spiro atoms. The molecule has 0 aliphatic rings. The summed E-state index contributed by atoms with van der Waals surface area (Å²) < 4.78 is 14.1. The van der Waals surface area contributed by atoms with Gasteiger partial charge < -0.3 is 10.2 Å². The van der Waals surface area contributed by atoms with Crippen molar-refractivity contribution in [2.75, 3.05) is 23.8 Å². The predicted octanol–water partition coefficient (Wildman–Crippen LogP) is 3.88. The van der Waals surface area contributed by atoms with Crippen LogP contribution in [0.2, 0.25) is 0 Å². The fraction of sp³-hybridized carbons (Fsp3) is 0.188. The van der Waals surface area contributed by atoms with Gasteiger partial charge >= 0.3 is 0 Å². The SMILES string of the molecule is Cc1cc(Br)ccc1NC(=O)CN(C)c1ccc(F)cc1[N+](=O)[O-]. The minimum Gasteiger partial charge on any atom is -0.360 e. The molecule has 0 atom stereocenters. The van der Waals surface area contributed by atoms with Gasteiger partial charge in [-0.05, 0) is 42.8 Å². The Morgan fingerprint density at radius 2 is 2.04 bits per heavy atom.